The molecule has 1 amide bonds. The summed E-state index contributed by atoms with van der Waals surface area (Å²) in [6.45, 7) is 4.35. The Bertz CT molecular complexity index is 1020. The molecule has 150 valence electrons. The lowest BCUT2D eigenvalue weighted by Gasteiger charge is -2.19. The van der Waals surface area contributed by atoms with E-state index in [9.17, 15) is 4.79 Å². The van der Waals surface area contributed by atoms with E-state index in [-0.39, 0.29) is 16.4 Å². The van der Waals surface area contributed by atoms with Crippen LogP contribution in [0.5, 0.6) is 11.5 Å². The Morgan fingerprint density at radius 1 is 1.14 bits per heavy atom. The lowest BCUT2D eigenvalue weighted by atomic mass is 10.0. The number of anilines is 1. The van der Waals surface area contributed by atoms with E-state index in [2.05, 4.69) is 15.5 Å². The van der Waals surface area contributed by atoms with Crippen molar-refractivity contribution in [2.24, 2.45) is 0 Å². The Kier molecular flexibility index (Phi) is 5.49. The summed E-state index contributed by atoms with van der Waals surface area (Å²) in [5.74, 6) is 1.90. The summed E-state index contributed by atoms with van der Waals surface area (Å²) < 4.78 is 11.6. The van der Waals surface area contributed by atoms with Gasteiger partial charge < -0.3 is 14.8 Å². The van der Waals surface area contributed by atoms with Crippen molar-refractivity contribution in [1.82, 2.24) is 10.2 Å². The molecule has 7 heteroatoms. The number of rotatable bonds is 5. The van der Waals surface area contributed by atoms with Crippen molar-refractivity contribution in [2.75, 3.05) is 12.4 Å². The predicted molar refractivity (Wildman–Crippen MR) is 115 cm³/mol. The molecule has 2 atom stereocenters. The Hall–Kier alpha value is -2.93. The van der Waals surface area contributed by atoms with Crippen LogP contribution in [0.3, 0.4) is 0 Å². The minimum absolute atomic E-state index is 0.0416. The van der Waals surface area contributed by atoms with Crippen LogP contribution in [0.1, 0.15) is 34.6 Å². The second kappa shape index (κ2) is 8.21. The first-order chi connectivity index (χ1) is 14.1. The SMILES string of the molecule is COc1cc([C@H]2S[C@H](C)C(=O)Nc3n[nH]c(C)c32)ccc1OCc1ccccc1. The zero-order chi connectivity index (χ0) is 20.4. The highest BCUT2D eigenvalue weighted by atomic mass is 32.2. The summed E-state index contributed by atoms with van der Waals surface area (Å²) in [5, 5.41) is 9.93. The van der Waals surface area contributed by atoms with E-state index in [4.69, 9.17) is 9.47 Å². The molecule has 0 fully saturated rings. The van der Waals surface area contributed by atoms with Crippen molar-refractivity contribution in [3.05, 3.63) is 70.9 Å². The molecule has 0 saturated heterocycles. The Morgan fingerprint density at radius 3 is 2.69 bits per heavy atom. The Labute approximate surface area is 174 Å². The van der Waals surface area contributed by atoms with Gasteiger partial charge in [0.05, 0.1) is 17.6 Å². The number of aromatic nitrogens is 2. The molecule has 1 aliphatic heterocycles. The summed E-state index contributed by atoms with van der Waals surface area (Å²) in [5.41, 5.74) is 4.06. The largest absolute Gasteiger partial charge is 0.493 e. The standard InChI is InChI=1S/C22H23N3O3S/c1-13-19-20(29-14(2)22(26)23-21(19)25-24-13)16-9-10-17(18(11-16)27-3)28-12-15-7-5-4-6-8-15/h4-11,14,20H,12H2,1-3H3,(H2,23,24,25,26)/t14-,20-/m1/s1. The molecule has 2 heterocycles. The lowest BCUT2D eigenvalue weighted by molar-refractivity contribution is -0.115. The van der Waals surface area contributed by atoms with E-state index in [0.29, 0.717) is 23.9 Å². The fraction of sp³-hybridized carbons (Fsp3) is 0.273. The number of hydrogen-bond donors (Lipinski definition) is 2. The number of hydrogen-bond acceptors (Lipinski definition) is 5. The van der Waals surface area contributed by atoms with Crippen LogP contribution in [-0.2, 0) is 11.4 Å². The van der Waals surface area contributed by atoms with E-state index < -0.39 is 0 Å². The highest BCUT2D eigenvalue weighted by molar-refractivity contribution is 8.01. The summed E-state index contributed by atoms with van der Waals surface area (Å²) in [7, 11) is 1.64. The average molecular weight is 410 g/mol. The second-order valence-electron chi connectivity index (χ2n) is 6.94. The number of fused-ring (bicyclic) bond motifs is 1. The molecule has 0 spiro atoms. The maximum Gasteiger partial charge on any atom is 0.238 e. The first kappa shape index (κ1) is 19.4. The summed E-state index contributed by atoms with van der Waals surface area (Å²) in [6, 6.07) is 16.0. The van der Waals surface area contributed by atoms with Crippen molar-refractivity contribution >= 4 is 23.5 Å². The number of carbonyl (C=O) groups excluding carboxylic acids is 1. The quantitative estimate of drug-likeness (QED) is 0.650. The predicted octanol–water partition coefficient (Wildman–Crippen LogP) is 4.47. The number of carbonyl (C=O) groups is 1. The summed E-state index contributed by atoms with van der Waals surface area (Å²) >= 11 is 1.60. The lowest BCUT2D eigenvalue weighted by Crippen LogP contribution is -2.21. The molecule has 0 radical (unpaired) electrons. The summed E-state index contributed by atoms with van der Waals surface area (Å²) in [4.78, 5) is 12.3. The van der Waals surface area contributed by atoms with Crippen LogP contribution in [-0.4, -0.2) is 28.5 Å². The number of amides is 1. The van der Waals surface area contributed by atoms with E-state index >= 15 is 0 Å². The number of methoxy groups -OCH3 is 1. The smallest absolute Gasteiger partial charge is 0.238 e. The molecule has 0 saturated carbocycles. The highest BCUT2D eigenvalue weighted by Crippen LogP contribution is 2.46. The van der Waals surface area contributed by atoms with Crippen LogP contribution >= 0.6 is 11.8 Å². The molecule has 1 aromatic heterocycles. The zero-order valence-electron chi connectivity index (χ0n) is 16.6. The third-order valence-corrected chi connectivity index (χ3v) is 6.34. The van der Waals surface area contributed by atoms with Crippen molar-refractivity contribution < 1.29 is 14.3 Å². The van der Waals surface area contributed by atoms with Gasteiger partial charge in [-0.15, -0.1) is 11.8 Å². The van der Waals surface area contributed by atoms with Crippen molar-refractivity contribution in [3.8, 4) is 11.5 Å². The molecular formula is C22H23N3O3S. The third kappa shape index (κ3) is 3.96. The number of ether oxygens (including phenoxy) is 2. The van der Waals surface area contributed by atoms with Gasteiger partial charge in [0.15, 0.2) is 17.3 Å². The molecule has 0 aliphatic carbocycles. The number of nitrogens with zero attached hydrogens (tertiary/aromatic N) is 1. The van der Waals surface area contributed by atoms with Gasteiger partial charge in [-0.05, 0) is 37.1 Å². The number of H-pyrrole nitrogens is 1. The molecule has 6 nitrogen and oxygen atoms in total. The number of nitrogens with one attached hydrogen (secondary N) is 2. The minimum atomic E-state index is -0.200. The fourth-order valence-corrected chi connectivity index (χ4v) is 4.67. The van der Waals surface area contributed by atoms with Crippen molar-refractivity contribution in [2.45, 2.75) is 31.0 Å². The molecule has 4 rings (SSSR count). The molecule has 0 unspecified atom stereocenters. The topological polar surface area (TPSA) is 76.2 Å². The van der Waals surface area contributed by atoms with E-state index in [1.165, 1.54) is 0 Å². The minimum Gasteiger partial charge on any atom is -0.493 e. The second-order valence-corrected chi connectivity index (χ2v) is 8.39. The normalized spacial score (nSPS) is 18.5. The number of aromatic amines is 1. The highest BCUT2D eigenvalue weighted by Gasteiger charge is 2.32. The van der Waals surface area contributed by atoms with Crippen LogP contribution in [0, 0.1) is 6.92 Å². The molecule has 1 aliphatic rings. The van der Waals surface area contributed by atoms with Crippen molar-refractivity contribution in [3.63, 3.8) is 0 Å². The molecule has 0 bridgehead atoms. The van der Waals surface area contributed by atoms with Gasteiger partial charge in [0.25, 0.3) is 0 Å². The van der Waals surface area contributed by atoms with E-state index in [1.807, 2.05) is 62.4 Å². The Balaban J connectivity index is 1.64. The summed E-state index contributed by atoms with van der Waals surface area (Å²) in [6.07, 6.45) is 0. The molecule has 2 aromatic carbocycles. The monoisotopic (exact) mass is 409 g/mol. The third-order valence-electron chi connectivity index (χ3n) is 4.94. The molecular weight excluding hydrogens is 386 g/mol. The zero-order valence-corrected chi connectivity index (χ0v) is 17.4. The average Bonchev–Trinajstić information content (AvgIpc) is 3.04. The van der Waals surface area contributed by atoms with Gasteiger partial charge in [0, 0.05) is 11.3 Å². The number of benzene rings is 2. The maximum atomic E-state index is 12.3. The first-order valence-electron chi connectivity index (χ1n) is 9.42. The van der Waals surface area contributed by atoms with Crippen LogP contribution in [0.25, 0.3) is 0 Å². The number of aryl methyl sites for hydroxylation is 1. The van der Waals surface area contributed by atoms with Crippen LogP contribution in [0.2, 0.25) is 0 Å². The maximum absolute atomic E-state index is 12.3. The van der Waals surface area contributed by atoms with E-state index in [1.54, 1.807) is 18.9 Å². The van der Waals surface area contributed by atoms with Gasteiger partial charge in [-0.3, -0.25) is 9.89 Å². The van der Waals surface area contributed by atoms with Gasteiger partial charge in [0.2, 0.25) is 5.91 Å². The Morgan fingerprint density at radius 2 is 1.93 bits per heavy atom. The first-order valence-corrected chi connectivity index (χ1v) is 10.4. The molecule has 2 N–H and O–H groups in total. The van der Waals surface area contributed by atoms with Crippen LogP contribution < -0.4 is 14.8 Å². The number of thioether (sulfide) groups is 1. The molecule has 3 aromatic rings. The van der Waals surface area contributed by atoms with E-state index in [0.717, 1.165) is 22.4 Å². The van der Waals surface area contributed by atoms with Crippen LogP contribution in [0.15, 0.2) is 48.5 Å². The fourth-order valence-electron chi connectivity index (χ4n) is 3.35. The van der Waals surface area contributed by atoms with Gasteiger partial charge >= 0.3 is 0 Å². The molecule has 29 heavy (non-hydrogen) atoms. The van der Waals surface area contributed by atoms with Crippen LogP contribution in [0.4, 0.5) is 5.82 Å². The van der Waals surface area contributed by atoms with Gasteiger partial charge in [-0.1, -0.05) is 36.4 Å². The van der Waals surface area contributed by atoms with Gasteiger partial charge in [-0.25, -0.2) is 0 Å². The van der Waals surface area contributed by atoms with Gasteiger partial charge in [-0.2, -0.15) is 5.10 Å². The van der Waals surface area contributed by atoms with Crippen molar-refractivity contribution in [1.29, 1.82) is 0 Å². The van der Waals surface area contributed by atoms with Gasteiger partial charge in [0.1, 0.15) is 6.61 Å².